The highest BCUT2D eigenvalue weighted by molar-refractivity contribution is 6.00. The van der Waals surface area contributed by atoms with Crippen LogP contribution in [0.1, 0.15) is 43.7 Å². The van der Waals surface area contributed by atoms with Crippen LogP contribution < -0.4 is 10.2 Å². The van der Waals surface area contributed by atoms with E-state index in [9.17, 15) is 14.0 Å². The van der Waals surface area contributed by atoms with Gasteiger partial charge in [0.1, 0.15) is 5.82 Å². The number of hydrogen-bond donors (Lipinski definition) is 1. The molecule has 0 unspecified atom stereocenters. The Morgan fingerprint density at radius 2 is 1.93 bits per heavy atom. The maximum absolute atomic E-state index is 13.7. The number of halogens is 1. The number of hydrogen-bond acceptors (Lipinski definition) is 2. The van der Waals surface area contributed by atoms with Crippen molar-refractivity contribution in [3.8, 4) is 0 Å². The zero-order valence-corrected chi connectivity index (χ0v) is 15.7. The van der Waals surface area contributed by atoms with Gasteiger partial charge in [0, 0.05) is 30.8 Å². The molecule has 4 nitrogen and oxygen atoms in total. The zero-order chi connectivity index (χ0) is 19.4. The van der Waals surface area contributed by atoms with Crippen LogP contribution >= 0.6 is 0 Å². The number of carbonyl (C=O) groups is 2. The van der Waals surface area contributed by atoms with Gasteiger partial charge in [-0.25, -0.2) is 4.39 Å². The van der Waals surface area contributed by atoms with Crippen LogP contribution in [0.3, 0.4) is 0 Å². The number of carbonyl (C=O) groups excluding carboxylic acids is 2. The molecule has 2 atom stereocenters. The largest absolute Gasteiger partial charge is 0.352 e. The van der Waals surface area contributed by atoms with Crippen molar-refractivity contribution in [2.75, 3.05) is 11.4 Å². The molecule has 3 rings (SSSR count). The summed E-state index contributed by atoms with van der Waals surface area (Å²) >= 11 is 0. The Morgan fingerprint density at radius 3 is 2.67 bits per heavy atom. The predicted octanol–water partition coefficient (Wildman–Crippen LogP) is 4.01. The number of rotatable bonds is 6. The van der Waals surface area contributed by atoms with Gasteiger partial charge in [0.25, 0.3) is 0 Å². The van der Waals surface area contributed by atoms with Gasteiger partial charge in [-0.3, -0.25) is 9.59 Å². The number of anilines is 1. The summed E-state index contributed by atoms with van der Waals surface area (Å²) < 4.78 is 13.7. The Hall–Kier alpha value is -2.69. The Morgan fingerprint density at radius 1 is 1.22 bits per heavy atom. The third kappa shape index (κ3) is 4.18. The molecular formula is C22H25FN2O2. The monoisotopic (exact) mass is 368 g/mol. The van der Waals surface area contributed by atoms with Crippen molar-refractivity contribution < 1.29 is 14.0 Å². The quantitative estimate of drug-likeness (QED) is 0.838. The summed E-state index contributed by atoms with van der Waals surface area (Å²) in [6.45, 7) is 4.74. The summed E-state index contributed by atoms with van der Waals surface area (Å²) in [7, 11) is 0. The normalized spacial score (nSPS) is 17.8. The summed E-state index contributed by atoms with van der Waals surface area (Å²) in [6, 6.07) is 14.2. The van der Waals surface area contributed by atoms with Crippen LogP contribution in [0.15, 0.2) is 48.5 Å². The van der Waals surface area contributed by atoms with Gasteiger partial charge in [0.05, 0.1) is 5.92 Å². The summed E-state index contributed by atoms with van der Waals surface area (Å²) in [5.41, 5.74) is 2.45. The molecule has 0 radical (unpaired) electrons. The SMILES string of the molecule is CC[C@H](C)c1ccccc1N1C[C@@H](C(=O)NCc2ccccc2F)CC1=O. The minimum atomic E-state index is -0.422. The second kappa shape index (κ2) is 8.33. The van der Waals surface area contributed by atoms with Crippen molar-refractivity contribution in [1.82, 2.24) is 5.32 Å². The van der Waals surface area contributed by atoms with Crippen molar-refractivity contribution in [1.29, 1.82) is 0 Å². The standard InChI is InChI=1S/C22H25FN2O2/c1-3-15(2)18-9-5-7-11-20(18)25-14-17(12-21(25)26)22(27)24-13-16-8-4-6-10-19(16)23/h4-11,15,17H,3,12-14H2,1-2H3,(H,24,27)/t15-,17-/m0/s1. The summed E-state index contributed by atoms with van der Waals surface area (Å²) in [5.74, 6) is -0.687. The number of para-hydroxylation sites is 1. The lowest BCUT2D eigenvalue weighted by Gasteiger charge is -2.23. The predicted molar refractivity (Wildman–Crippen MR) is 104 cm³/mol. The van der Waals surface area contributed by atoms with Crippen molar-refractivity contribution in [3.05, 3.63) is 65.5 Å². The van der Waals surface area contributed by atoms with Crippen LogP contribution in [-0.2, 0) is 16.1 Å². The van der Waals surface area contributed by atoms with Gasteiger partial charge in [0.15, 0.2) is 0 Å². The lowest BCUT2D eigenvalue weighted by Crippen LogP contribution is -2.33. The Labute approximate surface area is 159 Å². The molecule has 0 aliphatic carbocycles. The van der Waals surface area contributed by atoms with Gasteiger partial charge < -0.3 is 10.2 Å². The van der Waals surface area contributed by atoms with E-state index in [0.717, 1.165) is 17.7 Å². The first-order valence-electron chi connectivity index (χ1n) is 9.41. The van der Waals surface area contributed by atoms with Crippen molar-refractivity contribution in [2.45, 2.75) is 39.2 Å². The van der Waals surface area contributed by atoms with Crippen LogP contribution in [0, 0.1) is 11.7 Å². The maximum atomic E-state index is 13.7. The second-order valence-corrected chi connectivity index (χ2v) is 7.08. The van der Waals surface area contributed by atoms with E-state index in [2.05, 4.69) is 19.2 Å². The highest BCUT2D eigenvalue weighted by atomic mass is 19.1. The number of nitrogens with one attached hydrogen (secondary N) is 1. The smallest absolute Gasteiger partial charge is 0.227 e. The average molecular weight is 368 g/mol. The Bertz CT molecular complexity index is 837. The van der Waals surface area contributed by atoms with Crippen molar-refractivity contribution in [2.24, 2.45) is 5.92 Å². The number of nitrogens with zero attached hydrogens (tertiary/aromatic N) is 1. The summed E-state index contributed by atoms with van der Waals surface area (Å²) in [5, 5.41) is 2.77. The molecule has 2 aromatic rings. The third-order valence-corrected chi connectivity index (χ3v) is 5.28. The van der Waals surface area contributed by atoms with Gasteiger partial charge in [-0.05, 0) is 30.0 Å². The average Bonchev–Trinajstić information content (AvgIpc) is 3.08. The van der Waals surface area contributed by atoms with Gasteiger partial charge in [-0.1, -0.05) is 50.2 Å². The van der Waals surface area contributed by atoms with Crippen molar-refractivity contribution >= 4 is 17.5 Å². The fourth-order valence-electron chi connectivity index (χ4n) is 3.45. The van der Waals surface area contributed by atoms with Crippen LogP contribution in [0.5, 0.6) is 0 Å². The molecule has 0 spiro atoms. The maximum Gasteiger partial charge on any atom is 0.227 e. The molecule has 0 saturated carbocycles. The third-order valence-electron chi connectivity index (χ3n) is 5.28. The van der Waals surface area contributed by atoms with Crippen molar-refractivity contribution in [3.63, 3.8) is 0 Å². The number of benzene rings is 2. The van der Waals surface area contributed by atoms with Gasteiger partial charge in [-0.2, -0.15) is 0 Å². The molecule has 0 bridgehead atoms. The summed E-state index contributed by atoms with van der Waals surface area (Å²) in [4.78, 5) is 26.8. The van der Waals surface area contributed by atoms with Gasteiger partial charge in [-0.15, -0.1) is 0 Å². The molecule has 1 fully saturated rings. The minimum absolute atomic E-state index is 0.0446. The van der Waals surface area contributed by atoms with Gasteiger partial charge >= 0.3 is 0 Å². The Kier molecular flexibility index (Phi) is 5.89. The molecule has 5 heteroatoms. The summed E-state index contributed by atoms with van der Waals surface area (Å²) in [6.07, 6.45) is 1.16. The minimum Gasteiger partial charge on any atom is -0.352 e. The molecule has 1 aliphatic heterocycles. The molecule has 0 aromatic heterocycles. The lowest BCUT2D eigenvalue weighted by atomic mass is 9.96. The van der Waals surface area contributed by atoms with E-state index in [-0.39, 0.29) is 30.6 Å². The van der Waals surface area contributed by atoms with Gasteiger partial charge in [0.2, 0.25) is 11.8 Å². The van der Waals surface area contributed by atoms with Crippen LogP contribution in [0.4, 0.5) is 10.1 Å². The van der Waals surface area contributed by atoms with E-state index in [4.69, 9.17) is 0 Å². The first kappa shape index (κ1) is 19.1. The van der Waals surface area contributed by atoms with E-state index in [1.807, 2.05) is 24.3 Å². The highest BCUT2D eigenvalue weighted by Crippen LogP contribution is 2.33. The molecule has 27 heavy (non-hydrogen) atoms. The number of amides is 2. The van der Waals surface area contributed by atoms with E-state index in [1.54, 1.807) is 23.1 Å². The molecule has 1 saturated heterocycles. The molecular weight excluding hydrogens is 343 g/mol. The highest BCUT2D eigenvalue weighted by Gasteiger charge is 2.36. The van der Waals surface area contributed by atoms with Crippen LogP contribution in [-0.4, -0.2) is 18.4 Å². The molecule has 142 valence electrons. The van der Waals surface area contributed by atoms with Crippen LogP contribution in [0.2, 0.25) is 0 Å². The van der Waals surface area contributed by atoms with Crippen LogP contribution in [0.25, 0.3) is 0 Å². The molecule has 1 aliphatic rings. The topological polar surface area (TPSA) is 49.4 Å². The fraction of sp³-hybridized carbons (Fsp3) is 0.364. The first-order valence-corrected chi connectivity index (χ1v) is 9.41. The lowest BCUT2D eigenvalue weighted by molar-refractivity contribution is -0.126. The second-order valence-electron chi connectivity index (χ2n) is 7.08. The first-order chi connectivity index (χ1) is 13.0. The zero-order valence-electron chi connectivity index (χ0n) is 15.7. The molecule has 2 amide bonds. The molecule has 2 aromatic carbocycles. The Balaban J connectivity index is 1.69. The van der Waals surface area contributed by atoms with E-state index < -0.39 is 5.92 Å². The van der Waals surface area contributed by atoms with E-state index in [1.165, 1.54) is 6.07 Å². The molecule has 1 N–H and O–H groups in total. The molecule has 1 heterocycles. The fourth-order valence-corrected chi connectivity index (χ4v) is 3.45. The van der Waals surface area contributed by atoms with E-state index in [0.29, 0.717) is 18.0 Å². The van der Waals surface area contributed by atoms with E-state index >= 15 is 0 Å².